The maximum absolute atomic E-state index is 11.8. The fraction of sp³-hybridized carbons (Fsp3) is 0.273. The van der Waals surface area contributed by atoms with Gasteiger partial charge in [-0.25, -0.2) is 0 Å². The second-order valence-corrected chi connectivity index (χ2v) is 4.14. The lowest BCUT2D eigenvalue weighted by Crippen LogP contribution is -2.26. The smallest absolute Gasteiger partial charge is 0.254 e. The molecule has 0 N–H and O–H groups in total. The predicted molar refractivity (Wildman–Crippen MR) is 61.5 cm³/mol. The summed E-state index contributed by atoms with van der Waals surface area (Å²) in [7, 11) is 1.61. The topological polar surface area (TPSA) is 44.1 Å². The summed E-state index contributed by atoms with van der Waals surface area (Å²) < 4.78 is 0.974. The fourth-order valence-electron chi connectivity index (χ4n) is 1.18. The molecular formula is C11H11BrN2O. The van der Waals surface area contributed by atoms with Gasteiger partial charge in [0, 0.05) is 17.1 Å². The van der Waals surface area contributed by atoms with Crippen LogP contribution in [-0.4, -0.2) is 24.4 Å². The minimum absolute atomic E-state index is 0.105. The Bertz CT molecular complexity index is 423. The monoisotopic (exact) mass is 266 g/mol. The largest absolute Gasteiger partial charge is 0.328 e. The van der Waals surface area contributed by atoms with Crippen LogP contribution in [0.15, 0.2) is 22.7 Å². The van der Waals surface area contributed by atoms with Crippen LogP contribution in [0.3, 0.4) is 0 Å². The van der Waals surface area contributed by atoms with Crippen molar-refractivity contribution in [1.29, 1.82) is 5.26 Å². The average molecular weight is 267 g/mol. The molecule has 0 atom stereocenters. The van der Waals surface area contributed by atoms with Gasteiger partial charge in [0.15, 0.2) is 0 Å². The summed E-state index contributed by atoms with van der Waals surface area (Å²) in [5, 5.41) is 8.48. The number of aryl methyl sites for hydroxylation is 1. The summed E-state index contributed by atoms with van der Waals surface area (Å²) in [6, 6.07) is 7.33. The Morgan fingerprint density at radius 1 is 1.60 bits per heavy atom. The van der Waals surface area contributed by atoms with Crippen LogP contribution in [0.2, 0.25) is 0 Å². The first kappa shape index (κ1) is 11.7. The third kappa shape index (κ3) is 2.80. The highest BCUT2D eigenvalue weighted by molar-refractivity contribution is 9.10. The molecule has 4 heteroatoms. The fourth-order valence-corrected chi connectivity index (χ4v) is 1.42. The van der Waals surface area contributed by atoms with Gasteiger partial charge in [0.2, 0.25) is 0 Å². The molecule has 1 amide bonds. The molecule has 0 aliphatic rings. The van der Waals surface area contributed by atoms with Crippen LogP contribution in [0.5, 0.6) is 0 Å². The molecule has 0 radical (unpaired) electrons. The molecule has 0 aromatic heterocycles. The Morgan fingerprint density at radius 3 is 2.80 bits per heavy atom. The molecule has 78 valence electrons. The second-order valence-electron chi connectivity index (χ2n) is 3.28. The van der Waals surface area contributed by atoms with Crippen molar-refractivity contribution in [1.82, 2.24) is 4.90 Å². The molecule has 0 spiro atoms. The van der Waals surface area contributed by atoms with Crippen molar-refractivity contribution in [3.8, 4) is 6.07 Å². The molecule has 1 rings (SSSR count). The number of benzene rings is 1. The lowest BCUT2D eigenvalue weighted by atomic mass is 10.1. The van der Waals surface area contributed by atoms with Gasteiger partial charge in [-0.3, -0.25) is 4.79 Å². The average Bonchev–Trinajstić information content (AvgIpc) is 2.21. The van der Waals surface area contributed by atoms with E-state index in [1.165, 1.54) is 4.90 Å². The Morgan fingerprint density at radius 2 is 2.27 bits per heavy atom. The number of rotatable bonds is 2. The van der Waals surface area contributed by atoms with Crippen LogP contribution < -0.4 is 0 Å². The SMILES string of the molecule is Cc1cc(C(=O)N(C)CC#N)ccc1Br. The van der Waals surface area contributed by atoms with E-state index in [1.54, 1.807) is 19.2 Å². The summed E-state index contributed by atoms with van der Waals surface area (Å²) >= 11 is 3.37. The first-order chi connectivity index (χ1) is 7.06. The van der Waals surface area contributed by atoms with Crippen molar-refractivity contribution in [3.63, 3.8) is 0 Å². The third-order valence-electron chi connectivity index (χ3n) is 2.06. The van der Waals surface area contributed by atoms with E-state index in [9.17, 15) is 4.79 Å². The summed E-state index contributed by atoms with van der Waals surface area (Å²) in [6.07, 6.45) is 0. The summed E-state index contributed by atoms with van der Waals surface area (Å²) in [4.78, 5) is 13.1. The van der Waals surface area contributed by atoms with Crippen molar-refractivity contribution in [3.05, 3.63) is 33.8 Å². The van der Waals surface area contributed by atoms with Gasteiger partial charge in [-0.05, 0) is 30.7 Å². The number of carbonyl (C=O) groups excluding carboxylic acids is 1. The summed E-state index contributed by atoms with van der Waals surface area (Å²) in [5.74, 6) is -0.132. The predicted octanol–water partition coefficient (Wildman–Crippen LogP) is 2.35. The van der Waals surface area contributed by atoms with Gasteiger partial charge in [-0.1, -0.05) is 15.9 Å². The number of nitriles is 1. The lowest BCUT2D eigenvalue weighted by molar-refractivity contribution is 0.0812. The number of halogens is 1. The molecule has 3 nitrogen and oxygen atoms in total. The molecule has 0 saturated carbocycles. The van der Waals surface area contributed by atoms with Gasteiger partial charge in [0.05, 0.1) is 6.07 Å². The van der Waals surface area contributed by atoms with Gasteiger partial charge < -0.3 is 4.90 Å². The minimum atomic E-state index is -0.132. The van der Waals surface area contributed by atoms with Crippen molar-refractivity contribution < 1.29 is 4.79 Å². The normalized spacial score (nSPS) is 9.47. The minimum Gasteiger partial charge on any atom is -0.328 e. The molecule has 15 heavy (non-hydrogen) atoms. The first-order valence-corrected chi connectivity index (χ1v) is 5.24. The van der Waals surface area contributed by atoms with Crippen molar-refractivity contribution in [2.45, 2.75) is 6.92 Å². The maximum atomic E-state index is 11.8. The second kappa shape index (κ2) is 4.94. The highest BCUT2D eigenvalue weighted by atomic mass is 79.9. The Kier molecular flexibility index (Phi) is 3.87. The molecule has 0 bridgehead atoms. The molecule has 0 fully saturated rings. The van der Waals surface area contributed by atoms with Gasteiger partial charge in [0.1, 0.15) is 6.54 Å². The number of hydrogen-bond donors (Lipinski definition) is 0. The van der Waals surface area contributed by atoms with Gasteiger partial charge in [0.25, 0.3) is 5.91 Å². The van der Waals surface area contributed by atoms with Gasteiger partial charge in [-0.15, -0.1) is 0 Å². The molecule has 0 aliphatic carbocycles. The van der Waals surface area contributed by atoms with E-state index >= 15 is 0 Å². The molecule has 0 aliphatic heterocycles. The van der Waals surface area contributed by atoms with Crippen LogP contribution in [0.1, 0.15) is 15.9 Å². The Hall–Kier alpha value is -1.34. The standard InChI is InChI=1S/C11H11BrN2O/c1-8-7-9(3-4-10(8)12)11(15)14(2)6-5-13/h3-4,7H,6H2,1-2H3. The van der Waals surface area contributed by atoms with Crippen molar-refractivity contribution in [2.75, 3.05) is 13.6 Å². The molecule has 0 saturated heterocycles. The number of amides is 1. The molecule has 0 unspecified atom stereocenters. The number of hydrogen-bond acceptors (Lipinski definition) is 2. The van der Waals surface area contributed by atoms with Crippen LogP contribution in [0, 0.1) is 18.3 Å². The van der Waals surface area contributed by atoms with Crippen LogP contribution in [-0.2, 0) is 0 Å². The zero-order chi connectivity index (χ0) is 11.4. The van der Waals surface area contributed by atoms with Crippen molar-refractivity contribution >= 4 is 21.8 Å². The van der Waals surface area contributed by atoms with Gasteiger partial charge >= 0.3 is 0 Å². The van der Waals surface area contributed by atoms with E-state index in [0.717, 1.165) is 10.0 Å². The molecule has 1 aromatic rings. The van der Waals surface area contributed by atoms with E-state index < -0.39 is 0 Å². The molecule has 0 heterocycles. The quantitative estimate of drug-likeness (QED) is 0.772. The number of nitrogens with zero attached hydrogens (tertiary/aromatic N) is 2. The molecular weight excluding hydrogens is 256 g/mol. The Balaban J connectivity index is 2.93. The van der Waals surface area contributed by atoms with Crippen LogP contribution in [0.25, 0.3) is 0 Å². The zero-order valence-corrected chi connectivity index (χ0v) is 10.2. The van der Waals surface area contributed by atoms with E-state index in [1.807, 2.05) is 19.1 Å². The maximum Gasteiger partial charge on any atom is 0.254 e. The van der Waals surface area contributed by atoms with E-state index in [2.05, 4.69) is 15.9 Å². The van der Waals surface area contributed by atoms with Crippen LogP contribution >= 0.6 is 15.9 Å². The van der Waals surface area contributed by atoms with Crippen LogP contribution in [0.4, 0.5) is 0 Å². The van der Waals surface area contributed by atoms with E-state index in [-0.39, 0.29) is 12.5 Å². The molecule has 1 aromatic carbocycles. The summed E-state index contributed by atoms with van der Waals surface area (Å²) in [6.45, 7) is 2.03. The highest BCUT2D eigenvalue weighted by Gasteiger charge is 2.11. The first-order valence-electron chi connectivity index (χ1n) is 4.45. The zero-order valence-electron chi connectivity index (χ0n) is 8.62. The van der Waals surface area contributed by atoms with Gasteiger partial charge in [-0.2, -0.15) is 5.26 Å². The highest BCUT2D eigenvalue weighted by Crippen LogP contribution is 2.17. The third-order valence-corrected chi connectivity index (χ3v) is 2.95. The van der Waals surface area contributed by atoms with Crippen molar-refractivity contribution in [2.24, 2.45) is 0 Å². The van der Waals surface area contributed by atoms with E-state index in [4.69, 9.17) is 5.26 Å². The summed E-state index contributed by atoms with van der Waals surface area (Å²) in [5.41, 5.74) is 1.61. The Labute approximate surface area is 97.4 Å². The lowest BCUT2D eigenvalue weighted by Gasteiger charge is -2.13. The number of carbonyl (C=O) groups is 1. The van der Waals surface area contributed by atoms with E-state index in [0.29, 0.717) is 5.56 Å².